The van der Waals surface area contributed by atoms with Crippen LogP contribution in [0, 0.1) is 10.8 Å². The molecule has 0 amide bonds. The fourth-order valence-corrected chi connectivity index (χ4v) is 1.81. The number of nitrogens with one attached hydrogen (secondary N) is 1. The molecule has 0 spiro atoms. The number of benzene rings is 1. The summed E-state index contributed by atoms with van der Waals surface area (Å²) in [7, 11) is 0. The Morgan fingerprint density at radius 2 is 1.86 bits per heavy atom. The van der Waals surface area contributed by atoms with Crippen LogP contribution in [0.25, 0.3) is 0 Å². The van der Waals surface area contributed by atoms with E-state index in [-0.39, 0.29) is 17.8 Å². The minimum atomic E-state index is -0.321. The SMILES string of the molecule is CC.CCOC(=O)Cc1cccc(N)c1C(=N)C(C)(C)C. The van der Waals surface area contributed by atoms with Crippen LogP contribution in [0.2, 0.25) is 0 Å². The predicted molar refractivity (Wildman–Crippen MR) is 88.8 cm³/mol. The first-order valence-electron chi connectivity index (χ1n) is 7.39. The molecule has 0 fully saturated rings. The van der Waals surface area contributed by atoms with Crippen molar-refractivity contribution in [3.63, 3.8) is 0 Å². The molecule has 0 aromatic heterocycles. The Balaban J connectivity index is 0.00000191. The van der Waals surface area contributed by atoms with Crippen molar-refractivity contribution in [1.82, 2.24) is 0 Å². The first-order chi connectivity index (χ1) is 9.77. The van der Waals surface area contributed by atoms with Gasteiger partial charge in [-0.1, -0.05) is 46.8 Å². The maximum Gasteiger partial charge on any atom is 0.310 e. The maximum absolute atomic E-state index is 11.6. The second-order valence-electron chi connectivity index (χ2n) is 5.49. The molecule has 1 rings (SSSR count). The van der Waals surface area contributed by atoms with E-state index in [0.29, 0.717) is 23.6 Å². The quantitative estimate of drug-likeness (QED) is 0.503. The van der Waals surface area contributed by atoms with E-state index in [1.165, 1.54) is 0 Å². The van der Waals surface area contributed by atoms with Crippen LogP contribution < -0.4 is 5.73 Å². The molecule has 4 heteroatoms. The molecule has 0 saturated carbocycles. The summed E-state index contributed by atoms with van der Waals surface area (Å²) in [5.41, 5.74) is 8.02. The van der Waals surface area contributed by atoms with Gasteiger partial charge in [0.05, 0.1) is 13.0 Å². The van der Waals surface area contributed by atoms with Crippen molar-refractivity contribution in [3.05, 3.63) is 29.3 Å². The van der Waals surface area contributed by atoms with Gasteiger partial charge in [-0.15, -0.1) is 0 Å². The van der Waals surface area contributed by atoms with Gasteiger partial charge in [0.2, 0.25) is 0 Å². The van der Waals surface area contributed by atoms with Crippen LogP contribution in [0.4, 0.5) is 5.69 Å². The molecule has 0 atom stereocenters. The summed E-state index contributed by atoms with van der Waals surface area (Å²) in [5.74, 6) is -0.295. The Morgan fingerprint density at radius 1 is 1.29 bits per heavy atom. The van der Waals surface area contributed by atoms with Crippen LogP contribution in [0.5, 0.6) is 0 Å². The largest absolute Gasteiger partial charge is 0.466 e. The third-order valence-electron chi connectivity index (χ3n) is 2.82. The van der Waals surface area contributed by atoms with E-state index >= 15 is 0 Å². The molecular formula is C17H28N2O2. The van der Waals surface area contributed by atoms with Crippen molar-refractivity contribution in [3.8, 4) is 0 Å². The standard InChI is InChI=1S/C15H22N2O2.C2H6/c1-5-19-12(18)9-10-7-6-8-11(16)13(10)14(17)15(2,3)4;1-2/h6-8,17H,5,9,16H2,1-4H3;1-2H3. The highest BCUT2D eigenvalue weighted by Crippen LogP contribution is 2.27. The van der Waals surface area contributed by atoms with Crippen molar-refractivity contribution < 1.29 is 9.53 Å². The first kappa shape index (κ1) is 19.2. The highest BCUT2D eigenvalue weighted by molar-refractivity contribution is 6.07. The van der Waals surface area contributed by atoms with Gasteiger partial charge in [-0.05, 0) is 18.6 Å². The lowest BCUT2D eigenvalue weighted by Gasteiger charge is -2.23. The lowest BCUT2D eigenvalue weighted by Crippen LogP contribution is -2.24. The predicted octanol–water partition coefficient (Wildman–Crippen LogP) is 3.81. The molecule has 3 N–H and O–H groups in total. The fourth-order valence-electron chi connectivity index (χ4n) is 1.81. The zero-order valence-corrected chi connectivity index (χ0v) is 14.0. The second-order valence-corrected chi connectivity index (χ2v) is 5.49. The molecule has 1 aromatic rings. The molecule has 0 unspecified atom stereocenters. The number of carbonyl (C=O) groups excluding carboxylic acids is 1. The van der Waals surface area contributed by atoms with Crippen molar-refractivity contribution in [1.29, 1.82) is 5.41 Å². The van der Waals surface area contributed by atoms with Gasteiger partial charge in [0.1, 0.15) is 0 Å². The van der Waals surface area contributed by atoms with E-state index in [9.17, 15) is 4.79 Å². The lowest BCUT2D eigenvalue weighted by atomic mass is 9.82. The van der Waals surface area contributed by atoms with Crippen molar-refractivity contribution in [2.45, 2.75) is 48.0 Å². The number of esters is 1. The lowest BCUT2D eigenvalue weighted by molar-refractivity contribution is -0.142. The maximum atomic E-state index is 11.6. The number of anilines is 1. The number of rotatable bonds is 4. The number of carbonyl (C=O) groups is 1. The van der Waals surface area contributed by atoms with Crippen LogP contribution in [0.1, 0.15) is 52.7 Å². The van der Waals surface area contributed by atoms with E-state index < -0.39 is 0 Å². The Bertz CT molecular complexity index is 488. The van der Waals surface area contributed by atoms with Gasteiger partial charge in [-0.25, -0.2) is 0 Å². The topological polar surface area (TPSA) is 76.2 Å². The Labute approximate surface area is 128 Å². The molecule has 21 heavy (non-hydrogen) atoms. The molecular weight excluding hydrogens is 264 g/mol. The summed E-state index contributed by atoms with van der Waals surface area (Å²) in [6.45, 7) is 12.0. The zero-order chi connectivity index (χ0) is 16.6. The van der Waals surface area contributed by atoms with Gasteiger partial charge < -0.3 is 15.9 Å². The molecule has 0 aliphatic heterocycles. The monoisotopic (exact) mass is 292 g/mol. The summed E-state index contributed by atoms with van der Waals surface area (Å²) >= 11 is 0. The Kier molecular flexibility index (Phi) is 7.71. The third-order valence-corrected chi connectivity index (χ3v) is 2.82. The molecule has 118 valence electrons. The van der Waals surface area contributed by atoms with Crippen LogP contribution in [-0.2, 0) is 16.0 Å². The number of ether oxygens (including phenoxy) is 1. The van der Waals surface area contributed by atoms with Crippen LogP contribution in [-0.4, -0.2) is 18.3 Å². The second kappa shape index (κ2) is 8.45. The summed E-state index contributed by atoms with van der Waals surface area (Å²) in [6, 6.07) is 5.37. The van der Waals surface area contributed by atoms with Crippen molar-refractivity contribution in [2.75, 3.05) is 12.3 Å². The average molecular weight is 292 g/mol. The van der Waals surface area contributed by atoms with Gasteiger partial charge >= 0.3 is 5.97 Å². The van der Waals surface area contributed by atoms with Crippen LogP contribution in [0.15, 0.2) is 18.2 Å². The summed E-state index contributed by atoms with van der Waals surface area (Å²) in [5, 5.41) is 8.28. The van der Waals surface area contributed by atoms with E-state index in [0.717, 1.165) is 5.56 Å². The number of nitrogen functional groups attached to an aromatic ring is 1. The zero-order valence-electron chi connectivity index (χ0n) is 14.0. The third kappa shape index (κ3) is 5.58. The highest BCUT2D eigenvalue weighted by Gasteiger charge is 2.24. The number of hydrogen-bond donors (Lipinski definition) is 2. The van der Waals surface area contributed by atoms with E-state index in [1.807, 2.05) is 40.7 Å². The Hall–Kier alpha value is -1.84. The fraction of sp³-hybridized carbons (Fsp3) is 0.529. The van der Waals surface area contributed by atoms with E-state index in [1.54, 1.807) is 19.1 Å². The molecule has 1 aromatic carbocycles. The minimum Gasteiger partial charge on any atom is -0.466 e. The molecule has 0 aliphatic rings. The van der Waals surface area contributed by atoms with Crippen LogP contribution in [0.3, 0.4) is 0 Å². The minimum absolute atomic E-state index is 0.146. The molecule has 0 saturated heterocycles. The number of nitrogens with two attached hydrogens (primary N) is 1. The molecule has 0 aliphatic carbocycles. The summed E-state index contributed by atoms with van der Waals surface area (Å²) in [4.78, 5) is 11.6. The first-order valence-corrected chi connectivity index (χ1v) is 7.39. The van der Waals surface area contributed by atoms with Gasteiger partial charge in [-0.2, -0.15) is 0 Å². The molecule has 4 nitrogen and oxygen atoms in total. The molecule has 0 radical (unpaired) electrons. The van der Waals surface area contributed by atoms with Gasteiger partial charge in [0, 0.05) is 22.4 Å². The number of hydrogen-bond acceptors (Lipinski definition) is 4. The highest BCUT2D eigenvalue weighted by atomic mass is 16.5. The summed E-state index contributed by atoms with van der Waals surface area (Å²) in [6.07, 6.45) is 0.146. The smallest absolute Gasteiger partial charge is 0.310 e. The molecule has 0 heterocycles. The normalized spacial score (nSPS) is 10.4. The summed E-state index contributed by atoms with van der Waals surface area (Å²) < 4.78 is 4.96. The van der Waals surface area contributed by atoms with Gasteiger partial charge in [0.25, 0.3) is 0 Å². The van der Waals surface area contributed by atoms with Gasteiger partial charge in [-0.3, -0.25) is 4.79 Å². The van der Waals surface area contributed by atoms with Crippen molar-refractivity contribution >= 4 is 17.4 Å². The van der Waals surface area contributed by atoms with Gasteiger partial charge in [0.15, 0.2) is 0 Å². The van der Waals surface area contributed by atoms with Crippen molar-refractivity contribution in [2.24, 2.45) is 5.41 Å². The average Bonchev–Trinajstić information content (AvgIpc) is 2.40. The van der Waals surface area contributed by atoms with E-state index in [2.05, 4.69) is 0 Å². The Morgan fingerprint density at radius 3 is 2.33 bits per heavy atom. The van der Waals surface area contributed by atoms with E-state index in [4.69, 9.17) is 15.9 Å². The van der Waals surface area contributed by atoms with Crippen LogP contribution >= 0.6 is 0 Å². The molecule has 0 bridgehead atoms.